The van der Waals surface area contributed by atoms with Crippen LogP contribution >= 0.6 is 12.4 Å². The maximum atomic E-state index is 4.95. The SMILES string of the molecule is CC1C=Nc2cc(-c3nn4c(c3-c3ccncc3)CNCC4)ccc21.Cl. The van der Waals surface area contributed by atoms with Crippen LogP contribution < -0.4 is 5.32 Å². The Morgan fingerprint density at radius 2 is 1.96 bits per heavy atom. The standard InChI is InChI=1S/C20H19N5.ClH/c1-13-11-23-17-10-15(2-3-16(13)17)20-19(14-4-6-21-7-5-14)18-12-22-8-9-25(18)24-20;/h2-7,10-11,13,22H,8-9,12H2,1H3;1H. The molecule has 132 valence electrons. The molecule has 0 radical (unpaired) electrons. The fraction of sp³-hybridized carbons (Fsp3) is 0.250. The molecule has 5 nitrogen and oxygen atoms in total. The Morgan fingerprint density at radius 3 is 2.81 bits per heavy atom. The monoisotopic (exact) mass is 365 g/mol. The molecule has 0 bridgehead atoms. The quantitative estimate of drug-likeness (QED) is 0.748. The minimum atomic E-state index is 0. The molecule has 0 saturated carbocycles. The highest BCUT2D eigenvalue weighted by molar-refractivity contribution is 5.87. The number of aliphatic imine (C=N–C) groups is 1. The number of hydrogen-bond donors (Lipinski definition) is 1. The van der Waals surface area contributed by atoms with Crippen molar-refractivity contribution in [3.63, 3.8) is 0 Å². The van der Waals surface area contributed by atoms with Crippen molar-refractivity contribution < 1.29 is 0 Å². The van der Waals surface area contributed by atoms with Gasteiger partial charge in [0.15, 0.2) is 0 Å². The molecule has 2 aliphatic rings. The molecule has 0 aliphatic carbocycles. The van der Waals surface area contributed by atoms with Crippen molar-refractivity contribution in [3.05, 3.63) is 54.0 Å². The van der Waals surface area contributed by atoms with Crippen LogP contribution in [0.3, 0.4) is 0 Å². The van der Waals surface area contributed by atoms with E-state index in [0.717, 1.165) is 42.1 Å². The van der Waals surface area contributed by atoms with Gasteiger partial charge in [0, 0.05) is 48.7 Å². The van der Waals surface area contributed by atoms with Gasteiger partial charge in [-0.05, 0) is 29.3 Å². The molecule has 3 aromatic rings. The first kappa shape index (κ1) is 16.9. The third kappa shape index (κ3) is 2.64. The molecule has 0 saturated heterocycles. The Balaban J connectivity index is 0.00000168. The van der Waals surface area contributed by atoms with Crippen LogP contribution in [0.4, 0.5) is 5.69 Å². The number of aromatic nitrogens is 3. The average Bonchev–Trinajstić information content (AvgIpc) is 3.23. The lowest BCUT2D eigenvalue weighted by Gasteiger charge is -2.16. The fourth-order valence-corrected chi connectivity index (χ4v) is 3.74. The van der Waals surface area contributed by atoms with E-state index in [-0.39, 0.29) is 12.4 Å². The summed E-state index contributed by atoms with van der Waals surface area (Å²) in [6.07, 6.45) is 5.70. The molecule has 2 aliphatic heterocycles. The lowest BCUT2D eigenvalue weighted by molar-refractivity contribution is 0.477. The zero-order valence-corrected chi connectivity index (χ0v) is 15.3. The molecule has 6 heteroatoms. The fourth-order valence-electron chi connectivity index (χ4n) is 3.74. The van der Waals surface area contributed by atoms with Crippen LogP contribution in [0.1, 0.15) is 24.1 Å². The molecule has 1 aromatic carbocycles. The second kappa shape index (κ2) is 6.67. The van der Waals surface area contributed by atoms with E-state index in [1.807, 2.05) is 18.6 Å². The summed E-state index contributed by atoms with van der Waals surface area (Å²) >= 11 is 0. The van der Waals surface area contributed by atoms with E-state index in [2.05, 4.69) is 57.2 Å². The van der Waals surface area contributed by atoms with Crippen molar-refractivity contribution in [3.8, 4) is 22.4 Å². The van der Waals surface area contributed by atoms with E-state index in [0.29, 0.717) is 5.92 Å². The highest BCUT2D eigenvalue weighted by Gasteiger charge is 2.23. The summed E-state index contributed by atoms with van der Waals surface area (Å²) in [5, 5.41) is 8.41. The summed E-state index contributed by atoms with van der Waals surface area (Å²) in [7, 11) is 0. The van der Waals surface area contributed by atoms with Gasteiger partial charge in [0.1, 0.15) is 5.69 Å². The Labute approximate surface area is 158 Å². The van der Waals surface area contributed by atoms with Crippen molar-refractivity contribution in [1.82, 2.24) is 20.1 Å². The second-order valence-corrected chi connectivity index (χ2v) is 6.65. The van der Waals surface area contributed by atoms with Gasteiger partial charge in [0.25, 0.3) is 0 Å². The molecular weight excluding hydrogens is 346 g/mol. The van der Waals surface area contributed by atoms with Crippen LogP contribution in [0.5, 0.6) is 0 Å². The molecule has 0 spiro atoms. The maximum Gasteiger partial charge on any atom is 0.101 e. The van der Waals surface area contributed by atoms with Gasteiger partial charge >= 0.3 is 0 Å². The summed E-state index contributed by atoms with van der Waals surface area (Å²) in [6, 6.07) is 10.7. The number of pyridine rings is 1. The minimum absolute atomic E-state index is 0. The van der Waals surface area contributed by atoms with E-state index in [4.69, 9.17) is 5.10 Å². The van der Waals surface area contributed by atoms with Crippen molar-refractivity contribution in [2.45, 2.75) is 25.9 Å². The third-order valence-corrected chi connectivity index (χ3v) is 5.05. The largest absolute Gasteiger partial charge is 0.309 e. The summed E-state index contributed by atoms with van der Waals surface area (Å²) in [4.78, 5) is 8.73. The highest BCUT2D eigenvalue weighted by Crippen LogP contribution is 2.39. The van der Waals surface area contributed by atoms with Crippen molar-refractivity contribution in [1.29, 1.82) is 0 Å². The zero-order chi connectivity index (χ0) is 16.8. The number of benzene rings is 1. The van der Waals surface area contributed by atoms with Crippen molar-refractivity contribution >= 4 is 24.3 Å². The summed E-state index contributed by atoms with van der Waals surface area (Å²) in [6.45, 7) is 4.87. The third-order valence-electron chi connectivity index (χ3n) is 5.05. The number of hydrogen-bond acceptors (Lipinski definition) is 4. The van der Waals surface area contributed by atoms with Crippen LogP contribution in [0, 0.1) is 0 Å². The van der Waals surface area contributed by atoms with Gasteiger partial charge < -0.3 is 5.32 Å². The summed E-state index contributed by atoms with van der Waals surface area (Å²) < 4.78 is 2.14. The second-order valence-electron chi connectivity index (χ2n) is 6.65. The number of halogens is 1. The molecule has 0 fully saturated rings. The normalized spacial score (nSPS) is 17.5. The van der Waals surface area contributed by atoms with Crippen LogP contribution in [0.15, 0.2) is 47.7 Å². The highest BCUT2D eigenvalue weighted by atomic mass is 35.5. The van der Waals surface area contributed by atoms with Crippen LogP contribution in [-0.2, 0) is 13.1 Å². The smallest absolute Gasteiger partial charge is 0.101 e. The van der Waals surface area contributed by atoms with Gasteiger partial charge in [0.2, 0.25) is 0 Å². The molecule has 2 aromatic heterocycles. The van der Waals surface area contributed by atoms with Crippen molar-refractivity contribution in [2.75, 3.05) is 6.54 Å². The Morgan fingerprint density at radius 1 is 1.12 bits per heavy atom. The predicted octanol–water partition coefficient (Wildman–Crippen LogP) is 3.96. The first-order valence-corrected chi connectivity index (χ1v) is 8.70. The first-order valence-electron chi connectivity index (χ1n) is 8.70. The number of nitrogens with zero attached hydrogens (tertiary/aromatic N) is 4. The molecular formula is C20H20ClN5. The maximum absolute atomic E-state index is 4.95. The molecule has 1 N–H and O–H groups in total. The lowest BCUT2D eigenvalue weighted by Crippen LogP contribution is -2.28. The molecule has 1 unspecified atom stereocenters. The Kier molecular flexibility index (Phi) is 4.34. The summed E-state index contributed by atoms with van der Waals surface area (Å²) in [5.41, 5.74) is 8.11. The number of nitrogens with one attached hydrogen (secondary N) is 1. The first-order chi connectivity index (χ1) is 12.3. The van der Waals surface area contributed by atoms with Crippen LogP contribution in [0.25, 0.3) is 22.4 Å². The zero-order valence-electron chi connectivity index (χ0n) is 14.5. The van der Waals surface area contributed by atoms with Gasteiger partial charge in [-0.2, -0.15) is 5.10 Å². The van der Waals surface area contributed by atoms with E-state index in [1.54, 1.807) is 0 Å². The average molecular weight is 366 g/mol. The molecule has 4 heterocycles. The number of rotatable bonds is 2. The Bertz CT molecular complexity index is 977. The summed E-state index contributed by atoms with van der Waals surface area (Å²) in [5.74, 6) is 0.392. The van der Waals surface area contributed by atoms with Gasteiger partial charge in [-0.3, -0.25) is 14.7 Å². The molecule has 26 heavy (non-hydrogen) atoms. The molecule has 1 atom stereocenters. The van der Waals surface area contributed by atoms with E-state index in [1.165, 1.54) is 16.8 Å². The van der Waals surface area contributed by atoms with Gasteiger partial charge in [0.05, 0.1) is 17.9 Å². The van der Waals surface area contributed by atoms with Gasteiger partial charge in [-0.25, -0.2) is 0 Å². The van der Waals surface area contributed by atoms with Gasteiger partial charge in [-0.15, -0.1) is 12.4 Å². The molecule has 5 rings (SSSR count). The minimum Gasteiger partial charge on any atom is -0.309 e. The van der Waals surface area contributed by atoms with E-state index >= 15 is 0 Å². The van der Waals surface area contributed by atoms with E-state index < -0.39 is 0 Å². The van der Waals surface area contributed by atoms with E-state index in [9.17, 15) is 0 Å². The number of fused-ring (bicyclic) bond motifs is 2. The van der Waals surface area contributed by atoms with Crippen LogP contribution in [-0.4, -0.2) is 27.5 Å². The topological polar surface area (TPSA) is 55.1 Å². The van der Waals surface area contributed by atoms with Gasteiger partial charge in [-0.1, -0.05) is 19.1 Å². The molecule has 0 amide bonds. The van der Waals surface area contributed by atoms with Crippen molar-refractivity contribution in [2.24, 2.45) is 4.99 Å². The van der Waals surface area contributed by atoms with Crippen LogP contribution in [0.2, 0.25) is 0 Å². The lowest BCUT2D eigenvalue weighted by atomic mass is 9.96. The predicted molar refractivity (Wildman–Crippen MR) is 106 cm³/mol. The Hall–Kier alpha value is -2.50.